The third-order valence-corrected chi connectivity index (χ3v) is 4.05. The number of rotatable bonds is 4. The van der Waals surface area contributed by atoms with Gasteiger partial charge in [-0.3, -0.25) is 9.88 Å². The van der Waals surface area contributed by atoms with Crippen LogP contribution in [-0.4, -0.2) is 34.1 Å². The van der Waals surface area contributed by atoms with E-state index < -0.39 is 5.82 Å². The average molecular weight is 301 g/mol. The first kappa shape index (κ1) is 14.9. The smallest absolute Gasteiger partial charge is 0.250 e. The Morgan fingerprint density at radius 3 is 2.64 bits per heavy atom. The summed E-state index contributed by atoms with van der Waals surface area (Å²) >= 11 is 0. The van der Waals surface area contributed by atoms with Crippen LogP contribution in [0.15, 0.2) is 36.7 Å². The Labute approximate surface area is 130 Å². The van der Waals surface area contributed by atoms with Gasteiger partial charge in [0.2, 0.25) is 0 Å². The first-order chi connectivity index (χ1) is 10.7. The Hall–Kier alpha value is -2.01. The first-order valence-corrected chi connectivity index (χ1v) is 7.62. The summed E-state index contributed by atoms with van der Waals surface area (Å²) in [5, 5.41) is 0. The Morgan fingerprint density at radius 2 is 1.91 bits per heavy atom. The van der Waals surface area contributed by atoms with Crippen LogP contribution in [0.5, 0.6) is 5.88 Å². The maximum absolute atomic E-state index is 13.5. The average Bonchev–Trinajstić information content (AvgIpc) is 2.54. The highest BCUT2D eigenvalue weighted by Crippen LogP contribution is 2.20. The van der Waals surface area contributed by atoms with Crippen molar-refractivity contribution in [1.29, 1.82) is 0 Å². The van der Waals surface area contributed by atoms with Crippen LogP contribution in [0.25, 0.3) is 0 Å². The number of aromatic nitrogens is 2. The van der Waals surface area contributed by atoms with E-state index in [4.69, 9.17) is 4.74 Å². The minimum Gasteiger partial charge on any atom is -0.472 e. The molecular weight excluding hydrogens is 281 g/mol. The van der Waals surface area contributed by atoms with Gasteiger partial charge in [-0.2, -0.15) is 0 Å². The molecule has 2 aromatic heterocycles. The predicted molar refractivity (Wildman–Crippen MR) is 82.1 cm³/mol. The second kappa shape index (κ2) is 6.83. The second-order valence-electron chi connectivity index (χ2n) is 5.63. The second-order valence-corrected chi connectivity index (χ2v) is 5.63. The van der Waals surface area contributed by atoms with Gasteiger partial charge in [0, 0.05) is 37.7 Å². The van der Waals surface area contributed by atoms with Gasteiger partial charge in [-0.25, -0.2) is 9.37 Å². The highest BCUT2D eigenvalue weighted by Gasteiger charge is 2.22. The van der Waals surface area contributed by atoms with E-state index in [1.165, 1.54) is 11.6 Å². The minimum atomic E-state index is -0.393. The SMILES string of the molecule is Cc1ncccc1CN1CCC(Oc2ncccc2F)CC1. The molecule has 0 saturated carbocycles. The van der Waals surface area contributed by atoms with E-state index in [1.54, 1.807) is 12.3 Å². The van der Waals surface area contributed by atoms with Gasteiger partial charge in [0.1, 0.15) is 6.10 Å². The van der Waals surface area contributed by atoms with Crippen LogP contribution in [0.3, 0.4) is 0 Å². The van der Waals surface area contributed by atoms with Crippen molar-refractivity contribution in [3.63, 3.8) is 0 Å². The lowest BCUT2D eigenvalue weighted by Crippen LogP contribution is -2.38. The Kier molecular flexibility index (Phi) is 4.63. The summed E-state index contributed by atoms with van der Waals surface area (Å²) in [6, 6.07) is 7.04. The topological polar surface area (TPSA) is 38.2 Å². The lowest BCUT2D eigenvalue weighted by molar-refractivity contribution is 0.0895. The largest absolute Gasteiger partial charge is 0.472 e. The number of hydrogen-bond acceptors (Lipinski definition) is 4. The van der Waals surface area contributed by atoms with Crippen molar-refractivity contribution >= 4 is 0 Å². The summed E-state index contributed by atoms with van der Waals surface area (Å²) in [6.07, 6.45) is 5.18. The van der Waals surface area contributed by atoms with E-state index in [-0.39, 0.29) is 12.0 Å². The summed E-state index contributed by atoms with van der Waals surface area (Å²) < 4.78 is 19.2. The summed E-state index contributed by atoms with van der Waals surface area (Å²) in [7, 11) is 0. The van der Waals surface area contributed by atoms with Gasteiger partial charge in [-0.05, 0) is 43.5 Å². The first-order valence-electron chi connectivity index (χ1n) is 7.62. The number of piperidine rings is 1. The minimum absolute atomic E-state index is 0.0376. The molecule has 0 radical (unpaired) electrons. The zero-order valence-corrected chi connectivity index (χ0v) is 12.7. The monoisotopic (exact) mass is 301 g/mol. The molecule has 0 bridgehead atoms. The van der Waals surface area contributed by atoms with Crippen LogP contribution >= 0.6 is 0 Å². The van der Waals surface area contributed by atoms with Crippen molar-refractivity contribution in [2.24, 2.45) is 0 Å². The molecule has 0 aliphatic carbocycles. The molecule has 1 aliphatic heterocycles. The predicted octanol–water partition coefficient (Wildman–Crippen LogP) is 2.97. The van der Waals surface area contributed by atoms with E-state index in [2.05, 4.69) is 20.9 Å². The fraction of sp³-hybridized carbons (Fsp3) is 0.412. The molecule has 1 fully saturated rings. The molecule has 0 amide bonds. The highest BCUT2D eigenvalue weighted by molar-refractivity contribution is 5.18. The van der Waals surface area contributed by atoms with Gasteiger partial charge in [0.15, 0.2) is 5.82 Å². The number of halogens is 1. The van der Waals surface area contributed by atoms with Crippen LogP contribution in [0.2, 0.25) is 0 Å². The van der Waals surface area contributed by atoms with Crippen molar-refractivity contribution in [1.82, 2.24) is 14.9 Å². The number of nitrogens with zero attached hydrogens (tertiary/aromatic N) is 3. The zero-order chi connectivity index (χ0) is 15.4. The van der Waals surface area contributed by atoms with Crippen LogP contribution in [0.1, 0.15) is 24.1 Å². The molecule has 116 valence electrons. The zero-order valence-electron chi connectivity index (χ0n) is 12.7. The van der Waals surface area contributed by atoms with Crippen molar-refractivity contribution in [3.8, 4) is 5.88 Å². The standard InChI is InChI=1S/C17H20FN3O/c1-13-14(4-2-8-19-13)12-21-10-6-15(7-11-21)22-17-16(18)5-3-9-20-17/h2-5,8-9,15H,6-7,10-12H2,1H3. The van der Waals surface area contributed by atoms with Crippen LogP contribution < -0.4 is 4.74 Å². The van der Waals surface area contributed by atoms with Gasteiger partial charge in [0.05, 0.1) is 0 Å². The third-order valence-electron chi connectivity index (χ3n) is 4.05. The Balaban J connectivity index is 1.52. The Bertz CT molecular complexity index is 571. The molecule has 2 aromatic rings. The molecule has 0 spiro atoms. The number of aryl methyl sites for hydroxylation is 1. The maximum atomic E-state index is 13.5. The van der Waals surface area contributed by atoms with Gasteiger partial charge >= 0.3 is 0 Å². The third kappa shape index (κ3) is 3.60. The fourth-order valence-corrected chi connectivity index (χ4v) is 2.73. The van der Waals surface area contributed by atoms with E-state index in [1.807, 2.05) is 19.2 Å². The number of pyridine rings is 2. The molecule has 4 nitrogen and oxygen atoms in total. The van der Waals surface area contributed by atoms with Gasteiger partial charge in [-0.15, -0.1) is 0 Å². The molecule has 22 heavy (non-hydrogen) atoms. The number of likely N-dealkylation sites (tertiary alicyclic amines) is 1. The van der Waals surface area contributed by atoms with E-state index >= 15 is 0 Å². The molecule has 3 heterocycles. The number of hydrogen-bond donors (Lipinski definition) is 0. The lowest BCUT2D eigenvalue weighted by Gasteiger charge is -2.32. The fourth-order valence-electron chi connectivity index (χ4n) is 2.73. The van der Waals surface area contributed by atoms with Crippen molar-refractivity contribution in [2.45, 2.75) is 32.4 Å². The molecule has 0 unspecified atom stereocenters. The summed E-state index contributed by atoms with van der Waals surface area (Å²) in [6.45, 7) is 4.82. The normalized spacial score (nSPS) is 16.6. The van der Waals surface area contributed by atoms with Crippen LogP contribution in [0, 0.1) is 12.7 Å². The summed E-state index contributed by atoms with van der Waals surface area (Å²) in [5.41, 5.74) is 2.34. The molecule has 0 atom stereocenters. The van der Waals surface area contributed by atoms with Gasteiger partial charge in [0.25, 0.3) is 5.88 Å². The van der Waals surface area contributed by atoms with E-state index in [9.17, 15) is 4.39 Å². The maximum Gasteiger partial charge on any atom is 0.250 e. The van der Waals surface area contributed by atoms with E-state index in [0.29, 0.717) is 0 Å². The van der Waals surface area contributed by atoms with Gasteiger partial charge in [-0.1, -0.05) is 6.07 Å². The quantitative estimate of drug-likeness (QED) is 0.870. The molecular formula is C17H20FN3O. The molecule has 1 aliphatic rings. The molecule has 0 N–H and O–H groups in total. The molecule has 3 rings (SSSR count). The molecule has 1 saturated heterocycles. The van der Waals surface area contributed by atoms with Crippen LogP contribution in [-0.2, 0) is 6.54 Å². The van der Waals surface area contributed by atoms with Crippen molar-refractivity contribution in [2.75, 3.05) is 13.1 Å². The lowest BCUT2D eigenvalue weighted by atomic mass is 10.1. The molecule has 5 heteroatoms. The van der Waals surface area contributed by atoms with Gasteiger partial charge < -0.3 is 4.74 Å². The van der Waals surface area contributed by atoms with E-state index in [0.717, 1.165) is 38.2 Å². The van der Waals surface area contributed by atoms with Crippen LogP contribution in [0.4, 0.5) is 4.39 Å². The van der Waals surface area contributed by atoms with Crippen molar-refractivity contribution < 1.29 is 9.13 Å². The summed E-state index contributed by atoms with van der Waals surface area (Å²) in [5.74, 6) is -0.278. The Morgan fingerprint density at radius 1 is 1.18 bits per heavy atom. The van der Waals surface area contributed by atoms with Crippen molar-refractivity contribution in [3.05, 3.63) is 53.7 Å². The summed E-state index contributed by atoms with van der Waals surface area (Å²) in [4.78, 5) is 10.7. The molecule has 0 aromatic carbocycles. The highest BCUT2D eigenvalue weighted by atomic mass is 19.1. The number of ether oxygens (including phenoxy) is 1.